The van der Waals surface area contributed by atoms with E-state index in [1.165, 1.54) is 0 Å². The van der Waals surface area contributed by atoms with Crippen molar-refractivity contribution in [2.75, 3.05) is 73.0 Å². The van der Waals surface area contributed by atoms with E-state index in [0.717, 1.165) is 6.54 Å². The molecule has 0 fully saturated rings. The van der Waals surface area contributed by atoms with E-state index in [2.05, 4.69) is 19.2 Å². The van der Waals surface area contributed by atoms with Gasteiger partial charge in [-0.25, -0.2) is 0 Å². The van der Waals surface area contributed by atoms with E-state index in [1.54, 1.807) is 11.9 Å². The number of nitrogens with zero attached hydrogens (tertiary/aromatic N) is 1. The maximum atomic E-state index is 11.7. The summed E-state index contributed by atoms with van der Waals surface area (Å²) in [5, 5.41) is 3.28. The molecule has 0 radical (unpaired) electrons. The first-order chi connectivity index (χ1) is 11.9. The summed E-state index contributed by atoms with van der Waals surface area (Å²) in [5.74, 6) is 0.160. The molecular weight excluding hydrogens is 324 g/mol. The Balaban J connectivity index is 0. The molecule has 7 heteroatoms. The number of hydrogen-bond acceptors (Lipinski definition) is 6. The molecule has 25 heavy (non-hydrogen) atoms. The molecule has 0 saturated carbocycles. The maximum Gasteiger partial charge on any atom is 0.224 e. The summed E-state index contributed by atoms with van der Waals surface area (Å²) >= 11 is 0. The van der Waals surface area contributed by atoms with E-state index < -0.39 is 0 Å². The first-order valence-electron chi connectivity index (χ1n) is 9.24. The van der Waals surface area contributed by atoms with Gasteiger partial charge >= 0.3 is 0 Å². The minimum Gasteiger partial charge on any atom is -0.378 e. The summed E-state index contributed by atoms with van der Waals surface area (Å²) in [6.07, 6.45) is 0. The van der Waals surface area contributed by atoms with Crippen LogP contribution in [0.25, 0.3) is 0 Å². The van der Waals surface area contributed by atoms with E-state index in [4.69, 9.17) is 18.9 Å². The predicted octanol–water partition coefficient (Wildman–Crippen LogP) is 1.41. The van der Waals surface area contributed by atoms with Crippen LogP contribution in [0.3, 0.4) is 0 Å². The van der Waals surface area contributed by atoms with Gasteiger partial charge in [-0.15, -0.1) is 0 Å². The van der Waals surface area contributed by atoms with Gasteiger partial charge in [-0.05, 0) is 0 Å². The number of amides is 1. The zero-order valence-corrected chi connectivity index (χ0v) is 16.7. The van der Waals surface area contributed by atoms with Crippen LogP contribution in [-0.2, 0) is 23.7 Å². The topological polar surface area (TPSA) is 69.3 Å². The zero-order chi connectivity index (χ0) is 18.9. The summed E-state index contributed by atoms with van der Waals surface area (Å²) in [7, 11) is 1.80. The largest absolute Gasteiger partial charge is 0.378 e. The Hall–Kier alpha value is -0.730. The minimum absolute atomic E-state index is 0. The molecule has 0 aromatic rings. The van der Waals surface area contributed by atoms with Crippen LogP contribution in [0, 0.1) is 5.92 Å². The minimum atomic E-state index is 0. The van der Waals surface area contributed by atoms with Gasteiger partial charge in [-0.2, -0.15) is 0 Å². The lowest BCUT2D eigenvalue weighted by molar-refractivity contribution is -0.133. The van der Waals surface area contributed by atoms with E-state index in [9.17, 15) is 4.79 Å². The Labute approximate surface area is 154 Å². The molecule has 0 atom stereocenters. The fourth-order valence-corrected chi connectivity index (χ4v) is 1.93. The molecule has 0 aliphatic carbocycles. The second-order valence-corrected chi connectivity index (χ2v) is 6.47. The van der Waals surface area contributed by atoms with E-state index >= 15 is 0 Å². The van der Waals surface area contributed by atoms with Gasteiger partial charge in [0, 0.05) is 33.5 Å². The highest BCUT2D eigenvalue weighted by molar-refractivity contribution is 5.77. The Morgan fingerprint density at radius 3 is 1.72 bits per heavy atom. The standard InChI is InChI=1S/C18H38N2O5.H2/c1-16(2)18(21)20(5)7-9-23-11-13-25-15-14-24-12-10-22-8-6-19-17(3)4;/h16-17,19H,6-15H2,1-5H3;1H. The molecule has 0 rings (SSSR count). The van der Waals surface area contributed by atoms with Crippen LogP contribution in [0.1, 0.15) is 29.1 Å². The van der Waals surface area contributed by atoms with Gasteiger partial charge in [0.25, 0.3) is 0 Å². The van der Waals surface area contributed by atoms with Crippen molar-refractivity contribution in [1.29, 1.82) is 0 Å². The van der Waals surface area contributed by atoms with Crippen molar-refractivity contribution in [3.8, 4) is 0 Å². The third-order valence-corrected chi connectivity index (χ3v) is 3.36. The van der Waals surface area contributed by atoms with E-state index in [0.29, 0.717) is 65.4 Å². The molecule has 0 aliphatic heterocycles. The summed E-state index contributed by atoms with van der Waals surface area (Å²) < 4.78 is 21.7. The van der Waals surface area contributed by atoms with Crippen molar-refractivity contribution in [2.24, 2.45) is 5.92 Å². The van der Waals surface area contributed by atoms with Gasteiger partial charge in [0.2, 0.25) is 5.91 Å². The number of likely N-dealkylation sites (N-methyl/N-ethyl adjacent to an activating group) is 1. The second-order valence-electron chi connectivity index (χ2n) is 6.47. The highest BCUT2D eigenvalue weighted by Crippen LogP contribution is 1.98. The molecule has 0 aromatic heterocycles. The van der Waals surface area contributed by atoms with Gasteiger partial charge < -0.3 is 29.2 Å². The van der Waals surface area contributed by atoms with Gasteiger partial charge in [-0.3, -0.25) is 4.79 Å². The molecule has 0 saturated heterocycles. The fraction of sp³-hybridized carbons (Fsp3) is 0.944. The molecular formula is C18H40N2O5. The van der Waals surface area contributed by atoms with Crippen molar-refractivity contribution < 1.29 is 25.2 Å². The number of rotatable bonds is 17. The van der Waals surface area contributed by atoms with Crippen LogP contribution in [0.5, 0.6) is 0 Å². The van der Waals surface area contributed by atoms with Gasteiger partial charge in [0.05, 0.1) is 52.9 Å². The Morgan fingerprint density at radius 2 is 1.28 bits per heavy atom. The Morgan fingerprint density at radius 1 is 0.840 bits per heavy atom. The third-order valence-electron chi connectivity index (χ3n) is 3.36. The molecule has 1 N–H and O–H groups in total. The highest BCUT2D eigenvalue weighted by Gasteiger charge is 2.11. The molecule has 0 spiro atoms. The quantitative estimate of drug-likeness (QED) is 0.394. The van der Waals surface area contributed by atoms with E-state index in [1.807, 2.05) is 13.8 Å². The zero-order valence-electron chi connectivity index (χ0n) is 16.7. The van der Waals surface area contributed by atoms with E-state index in [-0.39, 0.29) is 13.3 Å². The van der Waals surface area contributed by atoms with Crippen LogP contribution in [0.4, 0.5) is 0 Å². The molecule has 152 valence electrons. The lowest BCUT2D eigenvalue weighted by atomic mass is 10.2. The lowest BCUT2D eigenvalue weighted by Crippen LogP contribution is -2.33. The Bertz CT molecular complexity index is 320. The van der Waals surface area contributed by atoms with Crippen LogP contribution >= 0.6 is 0 Å². The first-order valence-corrected chi connectivity index (χ1v) is 9.24. The fourth-order valence-electron chi connectivity index (χ4n) is 1.93. The summed E-state index contributed by atoms with van der Waals surface area (Å²) in [6, 6.07) is 0.490. The number of carbonyl (C=O) groups excluding carboxylic acids is 1. The van der Waals surface area contributed by atoms with Gasteiger partial charge in [-0.1, -0.05) is 27.7 Å². The summed E-state index contributed by atoms with van der Waals surface area (Å²) in [6.45, 7) is 14.0. The van der Waals surface area contributed by atoms with Gasteiger partial charge in [0.1, 0.15) is 0 Å². The summed E-state index contributed by atoms with van der Waals surface area (Å²) in [5.41, 5.74) is 0. The molecule has 0 bridgehead atoms. The highest BCUT2D eigenvalue weighted by atomic mass is 16.6. The number of hydrogen-bond donors (Lipinski definition) is 1. The summed E-state index contributed by atoms with van der Waals surface area (Å²) in [4.78, 5) is 13.3. The SMILES string of the molecule is CC(C)NCCOCCOCCOCCOCCN(C)C(=O)C(C)C.[HH]. The molecule has 0 aromatic carbocycles. The van der Waals surface area contributed by atoms with Crippen molar-refractivity contribution in [1.82, 2.24) is 10.2 Å². The predicted molar refractivity (Wildman–Crippen MR) is 101 cm³/mol. The smallest absolute Gasteiger partial charge is 0.224 e. The molecule has 7 nitrogen and oxygen atoms in total. The van der Waals surface area contributed by atoms with Crippen molar-refractivity contribution in [2.45, 2.75) is 33.7 Å². The average molecular weight is 365 g/mol. The molecule has 1 amide bonds. The average Bonchev–Trinajstić information content (AvgIpc) is 2.56. The third kappa shape index (κ3) is 16.5. The van der Waals surface area contributed by atoms with Crippen LogP contribution in [0.15, 0.2) is 0 Å². The molecule has 0 unspecified atom stereocenters. The normalized spacial score (nSPS) is 11.5. The first kappa shape index (κ1) is 24.3. The number of nitrogens with one attached hydrogen (secondary N) is 1. The maximum absolute atomic E-state index is 11.7. The number of carbonyl (C=O) groups is 1. The monoisotopic (exact) mass is 364 g/mol. The van der Waals surface area contributed by atoms with Crippen molar-refractivity contribution >= 4 is 5.91 Å². The molecule has 0 heterocycles. The van der Waals surface area contributed by atoms with Crippen LogP contribution in [0.2, 0.25) is 0 Å². The Kier molecular flexibility index (Phi) is 16.2. The number of ether oxygens (including phenoxy) is 4. The van der Waals surface area contributed by atoms with Crippen LogP contribution in [-0.4, -0.2) is 89.8 Å². The second kappa shape index (κ2) is 16.7. The van der Waals surface area contributed by atoms with Crippen molar-refractivity contribution in [3.63, 3.8) is 0 Å². The van der Waals surface area contributed by atoms with Crippen molar-refractivity contribution in [3.05, 3.63) is 0 Å². The van der Waals surface area contributed by atoms with Gasteiger partial charge in [0.15, 0.2) is 0 Å². The van der Waals surface area contributed by atoms with Crippen LogP contribution < -0.4 is 5.32 Å². The lowest BCUT2D eigenvalue weighted by Gasteiger charge is -2.19. The molecule has 0 aliphatic rings.